The Morgan fingerprint density at radius 2 is 1.80 bits per heavy atom. The van der Waals surface area contributed by atoms with E-state index in [2.05, 4.69) is 17.9 Å². The molecule has 6 heteroatoms. The number of ether oxygens (including phenoxy) is 1. The van der Waals surface area contributed by atoms with E-state index >= 15 is 0 Å². The summed E-state index contributed by atoms with van der Waals surface area (Å²) < 4.78 is 37.3. The van der Waals surface area contributed by atoms with Crippen molar-refractivity contribution in [3.05, 3.63) is 48.0 Å². The molecule has 1 aliphatic heterocycles. The summed E-state index contributed by atoms with van der Waals surface area (Å²) >= 11 is 0. The summed E-state index contributed by atoms with van der Waals surface area (Å²) in [5, 5.41) is 0. The maximum Gasteiger partial charge on any atom is 0.264 e. The quantitative estimate of drug-likeness (QED) is 0.733. The Kier molecular flexibility index (Phi) is 5.30. The summed E-state index contributed by atoms with van der Waals surface area (Å²) in [4.78, 5) is 2.12. The number of hydrogen-bond acceptors (Lipinski definition) is 4. The highest BCUT2D eigenvalue weighted by molar-refractivity contribution is 7.85. The summed E-state index contributed by atoms with van der Waals surface area (Å²) in [5.74, 6) is 1.30. The number of hydrogen-bond donors (Lipinski definition) is 1. The van der Waals surface area contributed by atoms with Crippen LogP contribution in [0.2, 0.25) is 0 Å². The Bertz CT molecular complexity index is 848. The second-order valence-corrected chi connectivity index (χ2v) is 7.80. The molecule has 25 heavy (non-hydrogen) atoms. The second kappa shape index (κ2) is 7.45. The molecule has 2 aromatic rings. The number of aryl methyl sites for hydroxylation is 1. The van der Waals surface area contributed by atoms with Gasteiger partial charge in [-0.15, -0.1) is 0 Å². The predicted octanol–water partition coefficient (Wildman–Crippen LogP) is 4.55. The van der Waals surface area contributed by atoms with E-state index in [-0.39, 0.29) is 5.75 Å². The van der Waals surface area contributed by atoms with Gasteiger partial charge >= 0.3 is 0 Å². The highest BCUT2D eigenvalue weighted by atomic mass is 32.2. The van der Waals surface area contributed by atoms with Crippen molar-refractivity contribution in [2.45, 2.75) is 32.6 Å². The lowest BCUT2D eigenvalue weighted by atomic mass is 10.0. The monoisotopic (exact) mass is 361 g/mol. The molecule has 5 nitrogen and oxygen atoms in total. The van der Waals surface area contributed by atoms with E-state index in [0.29, 0.717) is 13.0 Å². The van der Waals surface area contributed by atoms with Gasteiger partial charge in [-0.05, 0) is 43.0 Å². The van der Waals surface area contributed by atoms with Crippen LogP contribution in [0.5, 0.6) is 11.5 Å². The molecule has 0 spiro atoms. The third kappa shape index (κ3) is 4.14. The minimum atomic E-state index is -3.96. The van der Waals surface area contributed by atoms with Crippen molar-refractivity contribution in [1.29, 1.82) is 0 Å². The van der Waals surface area contributed by atoms with Crippen molar-refractivity contribution in [2.75, 3.05) is 17.2 Å². The number of benzene rings is 2. The third-order valence-electron chi connectivity index (χ3n) is 4.31. The maximum atomic E-state index is 11.1. The number of rotatable bonds is 7. The van der Waals surface area contributed by atoms with Crippen LogP contribution >= 0.6 is 0 Å². The van der Waals surface area contributed by atoms with Crippen LogP contribution in [0.1, 0.15) is 31.7 Å². The SMILES string of the molecule is CCCCc1cccc2c1N(CCCS(=O)(=O)O)c1ccccc1O2. The number of nitrogens with zero attached hydrogens (tertiary/aromatic N) is 1. The van der Waals surface area contributed by atoms with E-state index in [1.165, 1.54) is 5.56 Å². The fourth-order valence-corrected chi connectivity index (χ4v) is 3.66. The molecule has 0 unspecified atom stereocenters. The number of fused-ring (bicyclic) bond motifs is 2. The highest BCUT2D eigenvalue weighted by Crippen LogP contribution is 2.48. The largest absolute Gasteiger partial charge is 0.453 e. The summed E-state index contributed by atoms with van der Waals surface area (Å²) in [6, 6.07) is 13.8. The van der Waals surface area contributed by atoms with Crippen LogP contribution < -0.4 is 9.64 Å². The third-order valence-corrected chi connectivity index (χ3v) is 5.12. The van der Waals surface area contributed by atoms with Crippen LogP contribution in [0.3, 0.4) is 0 Å². The average Bonchev–Trinajstić information content (AvgIpc) is 2.58. The summed E-state index contributed by atoms with van der Waals surface area (Å²) in [7, 11) is -3.96. The standard InChI is InChI=1S/C19H23NO4S/c1-2-3-8-15-9-6-12-18-19(15)20(13-7-14-25(21,22)23)16-10-4-5-11-17(16)24-18/h4-6,9-12H,2-3,7-8,13-14H2,1H3,(H,21,22,23). The minimum absolute atomic E-state index is 0.251. The molecule has 1 heterocycles. The van der Waals surface area contributed by atoms with Crippen molar-refractivity contribution in [3.8, 4) is 11.5 Å². The summed E-state index contributed by atoms with van der Waals surface area (Å²) in [6.45, 7) is 2.65. The molecule has 1 N–H and O–H groups in total. The van der Waals surface area contributed by atoms with Crippen molar-refractivity contribution < 1.29 is 17.7 Å². The zero-order valence-electron chi connectivity index (χ0n) is 14.3. The topological polar surface area (TPSA) is 66.8 Å². The fourth-order valence-electron chi connectivity index (χ4n) is 3.17. The molecular weight excluding hydrogens is 338 g/mol. The molecule has 0 aromatic heterocycles. The van der Waals surface area contributed by atoms with Crippen molar-refractivity contribution in [2.24, 2.45) is 0 Å². The van der Waals surface area contributed by atoms with Gasteiger partial charge in [-0.3, -0.25) is 4.55 Å². The maximum absolute atomic E-state index is 11.1. The molecule has 0 aliphatic carbocycles. The molecule has 1 aliphatic rings. The molecule has 0 saturated carbocycles. The van der Waals surface area contributed by atoms with Crippen LogP contribution in [-0.4, -0.2) is 25.3 Å². The number of anilines is 2. The Labute approximate surface area is 149 Å². The molecular formula is C19H23NO4S. The first-order chi connectivity index (χ1) is 12.0. The van der Waals surface area contributed by atoms with E-state index in [0.717, 1.165) is 42.1 Å². The number of unbranched alkanes of at least 4 members (excludes halogenated alkanes) is 1. The molecule has 2 aromatic carbocycles. The van der Waals surface area contributed by atoms with E-state index in [1.807, 2.05) is 36.4 Å². The van der Waals surface area contributed by atoms with E-state index < -0.39 is 10.1 Å². The van der Waals surface area contributed by atoms with E-state index in [9.17, 15) is 8.42 Å². The molecule has 0 amide bonds. The lowest BCUT2D eigenvalue weighted by Crippen LogP contribution is -2.25. The van der Waals surface area contributed by atoms with Crippen LogP contribution in [0.15, 0.2) is 42.5 Å². The zero-order valence-corrected chi connectivity index (χ0v) is 15.1. The van der Waals surface area contributed by atoms with E-state index in [4.69, 9.17) is 9.29 Å². The Hall–Kier alpha value is -2.05. The smallest absolute Gasteiger partial charge is 0.264 e. The summed E-state index contributed by atoms with van der Waals surface area (Å²) in [5.41, 5.74) is 3.12. The normalized spacial score (nSPS) is 13.1. The van der Waals surface area contributed by atoms with Crippen LogP contribution in [0.25, 0.3) is 0 Å². The van der Waals surface area contributed by atoms with Gasteiger partial charge in [0.2, 0.25) is 0 Å². The van der Waals surface area contributed by atoms with Gasteiger partial charge in [0, 0.05) is 6.54 Å². The van der Waals surface area contributed by atoms with Gasteiger partial charge in [0.25, 0.3) is 10.1 Å². The zero-order chi connectivity index (χ0) is 17.9. The first-order valence-electron chi connectivity index (χ1n) is 8.61. The molecule has 134 valence electrons. The van der Waals surface area contributed by atoms with Gasteiger partial charge < -0.3 is 9.64 Å². The van der Waals surface area contributed by atoms with Gasteiger partial charge in [-0.25, -0.2) is 0 Å². The van der Waals surface area contributed by atoms with Gasteiger partial charge in [0.05, 0.1) is 17.1 Å². The van der Waals surface area contributed by atoms with Gasteiger partial charge in [0.1, 0.15) is 0 Å². The van der Waals surface area contributed by atoms with E-state index in [1.54, 1.807) is 0 Å². The number of para-hydroxylation sites is 3. The van der Waals surface area contributed by atoms with Gasteiger partial charge in [-0.1, -0.05) is 37.6 Å². The van der Waals surface area contributed by atoms with Crippen molar-refractivity contribution in [1.82, 2.24) is 0 Å². The minimum Gasteiger partial charge on any atom is -0.453 e. The molecule has 0 bridgehead atoms. The fraction of sp³-hybridized carbons (Fsp3) is 0.368. The molecule has 0 fully saturated rings. The van der Waals surface area contributed by atoms with Gasteiger partial charge in [-0.2, -0.15) is 8.42 Å². The molecule has 0 atom stereocenters. The Morgan fingerprint density at radius 3 is 2.56 bits per heavy atom. The average molecular weight is 361 g/mol. The van der Waals surface area contributed by atoms with Crippen LogP contribution in [0.4, 0.5) is 11.4 Å². The highest BCUT2D eigenvalue weighted by Gasteiger charge is 2.26. The molecule has 0 radical (unpaired) electrons. The predicted molar refractivity (Wildman–Crippen MR) is 99.6 cm³/mol. The lowest BCUT2D eigenvalue weighted by Gasteiger charge is -2.34. The van der Waals surface area contributed by atoms with Crippen LogP contribution in [0, 0.1) is 0 Å². The Balaban J connectivity index is 1.97. The first-order valence-corrected chi connectivity index (χ1v) is 10.2. The lowest BCUT2D eigenvalue weighted by molar-refractivity contribution is 0.470. The Morgan fingerprint density at radius 1 is 1.04 bits per heavy atom. The van der Waals surface area contributed by atoms with Gasteiger partial charge in [0.15, 0.2) is 11.5 Å². The molecule has 0 saturated heterocycles. The molecule has 3 rings (SSSR count). The second-order valence-electron chi connectivity index (χ2n) is 6.23. The van der Waals surface area contributed by atoms with Crippen molar-refractivity contribution >= 4 is 21.5 Å². The van der Waals surface area contributed by atoms with Crippen LogP contribution in [-0.2, 0) is 16.5 Å². The van der Waals surface area contributed by atoms with Crippen molar-refractivity contribution in [3.63, 3.8) is 0 Å². The first kappa shape index (κ1) is 17.8. The summed E-state index contributed by atoms with van der Waals surface area (Å²) in [6.07, 6.45) is 3.47.